The van der Waals surface area contributed by atoms with Crippen molar-refractivity contribution in [3.63, 3.8) is 0 Å². The van der Waals surface area contributed by atoms with E-state index in [0.717, 1.165) is 5.56 Å². The first-order valence-electron chi connectivity index (χ1n) is 6.65. The van der Waals surface area contributed by atoms with E-state index in [1.165, 1.54) is 12.1 Å². The topological polar surface area (TPSA) is 17.1 Å². The second-order valence-corrected chi connectivity index (χ2v) is 6.33. The van der Waals surface area contributed by atoms with Crippen LogP contribution in [0, 0.1) is 6.92 Å². The van der Waals surface area contributed by atoms with Crippen molar-refractivity contribution in [2.45, 2.75) is 19.3 Å². The number of aryl methyl sites for hydroxylation is 1. The third-order valence-electron chi connectivity index (χ3n) is 3.21. The molecule has 0 N–H and O–H groups in total. The molecule has 0 aliphatic rings. The molecular formula is C16H11F6LiOP+. The van der Waals surface area contributed by atoms with Gasteiger partial charge in [0.15, 0.2) is 5.52 Å². The minimum Gasteiger partial charge on any atom is -0.289 e. The van der Waals surface area contributed by atoms with Crippen molar-refractivity contribution in [2.24, 2.45) is 0 Å². The second-order valence-electron chi connectivity index (χ2n) is 5.04. The molecule has 0 saturated carbocycles. The molecular weight excluding hydrogens is 360 g/mol. The second kappa shape index (κ2) is 7.95. The Balaban J connectivity index is 0.00000312. The minimum atomic E-state index is -5.05. The Morgan fingerprint density at radius 2 is 1.28 bits per heavy atom. The Kier molecular flexibility index (Phi) is 6.92. The standard InChI is InChI=1S/C16H11F6OP.Li/c1-9-5-7-10(8-6-9)24-14(23)13-11(15(17,18)19)3-2-4-12(13)16(20,21)22;/h2-8,24H,1H3;/q;+1. The summed E-state index contributed by atoms with van der Waals surface area (Å²) in [5, 5.41) is 0.371. The fourth-order valence-electron chi connectivity index (χ4n) is 2.10. The zero-order chi connectivity index (χ0) is 18.1. The molecule has 0 saturated heterocycles. The van der Waals surface area contributed by atoms with Crippen molar-refractivity contribution in [3.05, 3.63) is 64.7 Å². The van der Waals surface area contributed by atoms with Crippen LogP contribution in [0.5, 0.6) is 0 Å². The van der Waals surface area contributed by atoms with Gasteiger partial charge >= 0.3 is 31.2 Å². The van der Waals surface area contributed by atoms with Crippen LogP contribution in [0.15, 0.2) is 42.5 Å². The van der Waals surface area contributed by atoms with Gasteiger partial charge in [-0.15, -0.1) is 0 Å². The molecule has 25 heavy (non-hydrogen) atoms. The predicted molar refractivity (Wildman–Crippen MR) is 79.9 cm³/mol. The first-order valence-corrected chi connectivity index (χ1v) is 7.65. The molecule has 9 heteroatoms. The number of rotatable bonds is 3. The van der Waals surface area contributed by atoms with Gasteiger partial charge in [-0.05, 0) is 32.9 Å². The van der Waals surface area contributed by atoms with E-state index in [1.54, 1.807) is 19.1 Å². The number of hydrogen-bond acceptors (Lipinski definition) is 1. The van der Waals surface area contributed by atoms with Crippen LogP contribution >= 0.6 is 8.58 Å². The molecule has 1 nitrogen and oxygen atoms in total. The summed E-state index contributed by atoms with van der Waals surface area (Å²) in [6.45, 7) is 1.77. The average Bonchev–Trinajstić information content (AvgIpc) is 2.47. The molecule has 0 radical (unpaired) electrons. The van der Waals surface area contributed by atoms with Gasteiger partial charge in [-0.3, -0.25) is 4.79 Å². The SMILES string of the molecule is Cc1ccc(PC(=O)c2c(C(F)(F)F)cccc2C(F)(F)F)cc1.[Li+]. The van der Waals surface area contributed by atoms with Gasteiger partial charge in [-0.2, -0.15) is 26.3 Å². The Labute approximate surface area is 153 Å². The Morgan fingerprint density at radius 3 is 1.68 bits per heavy atom. The Bertz CT molecular complexity index is 720. The predicted octanol–water partition coefficient (Wildman–Crippen LogP) is 2.18. The van der Waals surface area contributed by atoms with E-state index in [0.29, 0.717) is 23.5 Å². The van der Waals surface area contributed by atoms with Crippen molar-refractivity contribution in [1.29, 1.82) is 0 Å². The number of halogens is 6. The van der Waals surface area contributed by atoms with Gasteiger partial charge in [0.05, 0.1) is 11.1 Å². The number of benzene rings is 2. The zero-order valence-corrected chi connectivity index (χ0v) is 14.2. The van der Waals surface area contributed by atoms with Gasteiger partial charge in [-0.25, -0.2) is 0 Å². The summed E-state index contributed by atoms with van der Waals surface area (Å²) in [6, 6.07) is 7.91. The zero-order valence-electron chi connectivity index (χ0n) is 13.2. The van der Waals surface area contributed by atoms with E-state index in [9.17, 15) is 31.1 Å². The summed E-state index contributed by atoms with van der Waals surface area (Å²) >= 11 is 0. The fourth-order valence-corrected chi connectivity index (χ4v) is 3.09. The maximum atomic E-state index is 13.1. The number of alkyl halides is 6. The van der Waals surface area contributed by atoms with Crippen LogP contribution < -0.4 is 24.2 Å². The van der Waals surface area contributed by atoms with Crippen LogP contribution in [0.2, 0.25) is 0 Å². The minimum absolute atomic E-state index is 0. The third-order valence-corrected chi connectivity index (χ3v) is 4.31. The summed E-state index contributed by atoms with van der Waals surface area (Å²) in [5.74, 6) is 0. The first kappa shape index (κ1) is 21.8. The van der Waals surface area contributed by atoms with Gasteiger partial charge in [0, 0.05) is 5.56 Å². The largest absolute Gasteiger partial charge is 1.00 e. The molecule has 2 aromatic rings. The van der Waals surface area contributed by atoms with Crippen molar-refractivity contribution in [3.8, 4) is 0 Å². The normalized spacial score (nSPS) is 12.3. The van der Waals surface area contributed by atoms with E-state index in [2.05, 4.69) is 0 Å². The van der Waals surface area contributed by atoms with E-state index in [4.69, 9.17) is 0 Å². The molecule has 2 aromatic carbocycles. The number of carbonyl (C=O) groups is 1. The van der Waals surface area contributed by atoms with Gasteiger partial charge in [0.1, 0.15) is 0 Å². The number of hydrogen-bond donors (Lipinski definition) is 0. The van der Waals surface area contributed by atoms with Crippen molar-refractivity contribution in [2.75, 3.05) is 0 Å². The van der Waals surface area contributed by atoms with E-state index in [-0.39, 0.29) is 18.9 Å². The van der Waals surface area contributed by atoms with Crippen molar-refractivity contribution >= 4 is 19.4 Å². The smallest absolute Gasteiger partial charge is 0.289 e. The maximum Gasteiger partial charge on any atom is 1.00 e. The maximum absolute atomic E-state index is 13.1. The monoisotopic (exact) mass is 371 g/mol. The first-order chi connectivity index (χ1) is 11.0. The van der Waals surface area contributed by atoms with Gasteiger partial charge in [0.2, 0.25) is 0 Å². The molecule has 0 aliphatic carbocycles. The molecule has 0 bridgehead atoms. The van der Waals surface area contributed by atoms with Crippen LogP contribution in [0.25, 0.3) is 0 Å². The third kappa shape index (κ3) is 5.34. The van der Waals surface area contributed by atoms with E-state index in [1.807, 2.05) is 0 Å². The van der Waals surface area contributed by atoms with Crippen LogP contribution in [0.4, 0.5) is 26.3 Å². The van der Waals surface area contributed by atoms with Crippen LogP contribution in [0.3, 0.4) is 0 Å². The fraction of sp³-hybridized carbons (Fsp3) is 0.188. The van der Waals surface area contributed by atoms with Gasteiger partial charge < -0.3 is 0 Å². The summed E-state index contributed by atoms with van der Waals surface area (Å²) in [6.07, 6.45) is -10.1. The molecule has 0 heterocycles. The molecule has 1 unspecified atom stereocenters. The molecule has 0 fully saturated rings. The molecule has 128 valence electrons. The summed E-state index contributed by atoms with van der Waals surface area (Å²) < 4.78 is 78.3. The number of carbonyl (C=O) groups excluding carboxylic acids is 1. The molecule has 1 atom stereocenters. The van der Waals surface area contributed by atoms with E-state index < -0.39 is 43.1 Å². The van der Waals surface area contributed by atoms with Crippen LogP contribution in [0.1, 0.15) is 27.0 Å². The van der Waals surface area contributed by atoms with E-state index >= 15 is 0 Å². The average molecular weight is 371 g/mol. The summed E-state index contributed by atoms with van der Waals surface area (Å²) in [7, 11) is -0.836. The van der Waals surface area contributed by atoms with Crippen LogP contribution in [-0.4, -0.2) is 5.52 Å². The quantitative estimate of drug-likeness (QED) is 0.459. The van der Waals surface area contributed by atoms with Crippen LogP contribution in [-0.2, 0) is 12.4 Å². The van der Waals surface area contributed by atoms with Crippen molar-refractivity contribution in [1.82, 2.24) is 0 Å². The van der Waals surface area contributed by atoms with Crippen molar-refractivity contribution < 1.29 is 50.0 Å². The molecule has 0 amide bonds. The van der Waals surface area contributed by atoms with Gasteiger partial charge in [0.25, 0.3) is 0 Å². The molecule has 2 rings (SSSR count). The molecule has 0 aliphatic heterocycles. The van der Waals surface area contributed by atoms with Gasteiger partial charge in [-0.1, -0.05) is 35.9 Å². The summed E-state index contributed by atoms with van der Waals surface area (Å²) in [4.78, 5) is 12.2. The molecule has 0 aromatic heterocycles. The molecule has 0 spiro atoms. The summed E-state index contributed by atoms with van der Waals surface area (Å²) in [5.41, 5.74) is -4.79. The Morgan fingerprint density at radius 1 is 0.840 bits per heavy atom. The Hall–Kier alpha value is -1.28.